The molecule has 2 aromatic rings. The lowest BCUT2D eigenvalue weighted by molar-refractivity contribution is -0.884. The van der Waals surface area contributed by atoms with Crippen LogP contribution in [0.25, 0.3) is 10.9 Å². The van der Waals surface area contributed by atoms with Gasteiger partial charge in [-0.15, -0.1) is 0 Å². The first kappa shape index (κ1) is 8.44. The molecule has 0 atom stereocenters. The Balaban J connectivity index is 2.94. The topological polar surface area (TPSA) is 24.1 Å². The van der Waals surface area contributed by atoms with Gasteiger partial charge in [-0.2, -0.15) is 0 Å². The third-order valence-electron chi connectivity index (χ3n) is 1.85. The van der Waals surface area contributed by atoms with E-state index in [2.05, 4.69) is 15.9 Å². The van der Waals surface area contributed by atoms with Gasteiger partial charge in [0.15, 0.2) is 0 Å². The maximum atomic E-state index is 13.0. The van der Waals surface area contributed by atoms with Crippen molar-refractivity contribution in [2.45, 2.75) is 0 Å². The van der Waals surface area contributed by atoms with Gasteiger partial charge in [0.2, 0.25) is 6.20 Å². The predicted molar refractivity (Wildman–Crippen MR) is 49.0 cm³/mol. The van der Waals surface area contributed by atoms with Crippen LogP contribution in [-0.4, -0.2) is 5.21 Å². The number of halogens is 2. The third-order valence-corrected chi connectivity index (χ3v) is 2.65. The minimum absolute atomic E-state index is 0.335. The molecule has 0 aliphatic heterocycles. The normalized spacial score (nSPS) is 10.6. The maximum Gasteiger partial charge on any atom is 0.265 e. The average Bonchev–Trinajstić information content (AvgIpc) is 2.12. The molecule has 0 fully saturated rings. The number of aromatic nitrogens is 1. The summed E-state index contributed by atoms with van der Waals surface area (Å²) in [7, 11) is 0. The second-order valence-electron chi connectivity index (χ2n) is 2.65. The van der Waals surface area contributed by atoms with Gasteiger partial charge in [0.25, 0.3) is 5.52 Å². The molecule has 1 N–H and O–H groups in total. The van der Waals surface area contributed by atoms with E-state index < -0.39 is 0 Å². The van der Waals surface area contributed by atoms with Crippen LogP contribution in [-0.2, 0) is 0 Å². The molecule has 13 heavy (non-hydrogen) atoms. The van der Waals surface area contributed by atoms with Crippen LogP contribution in [0.1, 0.15) is 0 Å². The van der Waals surface area contributed by atoms with Gasteiger partial charge in [0.1, 0.15) is 5.82 Å². The monoisotopic (exact) mass is 242 g/mol. The van der Waals surface area contributed by atoms with Crippen LogP contribution in [0.15, 0.2) is 34.9 Å². The molecule has 2 nitrogen and oxygen atoms in total. The molecule has 4 heteroatoms. The second kappa shape index (κ2) is 2.96. The van der Waals surface area contributed by atoms with E-state index in [1.807, 2.05) is 0 Å². The van der Waals surface area contributed by atoms with Crippen molar-refractivity contribution in [1.29, 1.82) is 0 Å². The number of fused-ring (bicyclic) bond motifs is 1. The van der Waals surface area contributed by atoms with Crippen molar-refractivity contribution in [1.82, 2.24) is 0 Å². The molecule has 0 bridgehead atoms. The molecule has 0 radical (unpaired) electrons. The highest BCUT2D eigenvalue weighted by molar-refractivity contribution is 9.10. The molecule has 0 amide bonds. The standard InChI is InChI=1S/C9H6BrFNO/c10-9-6-2-1-5-12(13)8(6)4-3-7(9)11/h1-5,13H/q+1. The van der Waals surface area contributed by atoms with Crippen molar-refractivity contribution in [2.75, 3.05) is 0 Å². The minimum Gasteiger partial charge on any atom is -0.285 e. The summed E-state index contributed by atoms with van der Waals surface area (Å²) in [5.74, 6) is -0.335. The van der Waals surface area contributed by atoms with Crippen LogP contribution in [0.5, 0.6) is 0 Å². The van der Waals surface area contributed by atoms with Crippen LogP contribution in [0.4, 0.5) is 4.39 Å². The molecule has 2 rings (SSSR count). The lowest BCUT2D eigenvalue weighted by Crippen LogP contribution is -2.29. The fourth-order valence-electron chi connectivity index (χ4n) is 1.22. The first-order valence-corrected chi connectivity index (χ1v) is 4.47. The van der Waals surface area contributed by atoms with E-state index in [0.717, 1.165) is 4.73 Å². The molecule has 0 saturated carbocycles. The van der Waals surface area contributed by atoms with Gasteiger partial charge < -0.3 is 0 Å². The summed E-state index contributed by atoms with van der Waals surface area (Å²) in [6, 6.07) is 6.20. The Bertz CT molecular complexity index is 472. The van der Waals surface area contributed by atoms with E-state index in [1.54, 1.807) is 12.1 Å². The highest BCUT2D eigenvalue weighted by Crippen LogP contribution is 2.24. The summed E-state index contributed by atoms with van der Waals surface area (Å²) in [5, 5.41) is 10.0. The predicted octanol–water partition coefficient (Wildman–Crippen LogP) is 2.27. The van der Waals surface area contributed by atoms with Crippen LogP contribution in [0, 0.1) is 5.82 Å². The van der Waals surface area contributed by atoms with E-state index in [0.29, 0.717) is 15.4 Å². The summed E-state index contributed by atoms with van der Waals surface area (Å²) in [5.41, 5.74) is 0.566. The van der Waals surface area contributed by atoms with E-state index in [9.17, 15) is 9.60 Å². The maximum absolute atomic E-state index is 13.0. The zero-order valence-electron chi connectivity index (χ0n) is 6.54. The van der Waals surface area contributed by atoms with Crippen molar-refractivity contribution >= 4 is 26.8 Å². The van der Waals surface area contributed by atoms with Crippen molar-refractivity contribution in [3.8, 4) is 0 Å². The number of hydrogen-bond acceptors (Lipinski definition) is 1. The Morgan fingerprint density at radius 1 is 1.31 bits per heavy atom. The molecule has 1 aromatic heterocycles. The van der Waals surface area contributed by atoms with Gasteiger partial charge in [-0.1, -0.05) is 0 Å². The molecule has 1 aromatic carbocycles. The Morgan fingerprint density at radius 3 is 2.85 bits per heavy atom. The summed E-state index contributed by atoms with van der Waals surface area (Å²) >= 11 is 3.12. The molecule has 0 saturated heterocycles. The molecular formula is C9H6BrFNO+. The minimum atomic E-state index is -0.335. The van der Waals surface area contributed by atoms with Crippen LogP contribution in [0.2, 0.25) is 0 Å². The van der Waals surface area contributed by atoms with Gasteiger partial charge in [-0.05, 0) is 28.1 Å². The lowest BCUT2D eigenvalue weighted by Gasteiger charge is -1.97. The summed E-state index contributed by atoms with van der Waals surface area (Å²) < 4.78 is 14.4. The Kier molecular flexibility index (Phi) is 1.92. The number of hydrogen-bond donors (Lipinski definition) is 1. The first-order valence-electron chi connectivity index (χ1n) is 3.68. The number of benzene rings is 1. The highest BCUT2D eigenvalue weighted by Gasteiger charge is 2.12. The molecular weight excluding hydrogens is 237 g/mol. The van der Waals surface area contributed by atoms with Crippen LogP contribution >= 0.6 is 15.9 Å². The lowest BCUT2D eigenvalue weighted by atomic mass is 10.2. The molecule has 0 aliphatic carbocycles. The van der Waals surface area contributed by atoms with E-state index in [-0.39, 0.29) is 5.82 Å². The van der Waals surface area contributed by atoms with E-state index >= 15 is 0 Å². The molecule has 0 unspecified atom stereocenters. The molecule has 1 heterocycles. The molecule has 66 valence electrons. The molecule has 0 aliphatic rings. The van der Waals surface area contributed by atoms with Gasteiger partial charge in [-0.25, -0.2) is 4.39 Å². The Labute approximate surface area is 82.3 Å². The second-order valence-corrected chi connectivity index (χ2v) is 3.44. The van der Waals surface area contributed by atoms with Gasteiger partial charge >= 0.3 is 0 Å². The van der Waals surface area contributed by atoms with Crippen molar-refractivity contribution in [2.24, 2.45) is 0 Å². The smallest absolute Gasteiger partial charge is 0.265 e. The fourth-order valence-corrected chi connectivity index (χ4v) is 1.68. The third kappa shape index (κ3) is 1.27. The van der Waals surface area contributed by atoms with Crippen molar-refractivity contribution in [3.05, 3.63) is 40.8 Å². The number of rotatable bonds is 0. The summed E-state index contributed by atoms with van der Waals surface area (Å²) in [6.07, 6.45) is 1.49. The van der Waals surface area contributed by atoms with Gasteiger partial charge in [0, 0.05) is 16.9 Å². The zero-order valence-corrected chi connectivity index (χ0v) is 8.12. The largest absolute Gasteiger partial charge is 0.285 e. The summed E-state index contributed by atoms with van der Waals surface area (Å²) in [4.78, 5) is 0. The zero-order chi connectivity index (χ0) is 9.42. The Hall–Kier alpha value is -1.16. The van der Waals surface area contributed by atoms with Gasteiger partial charge in [-0.3, -0.25) is 5.21 Å². The van der Waals surface area contributed by atoms with Crippen LogP contribution < -0.4 is 4.73 Å². The van der Waals surface area contributed by atoms with E-state index in [1.165, 1.54) is 18.3 Å². The number of pyridine rings is 1. The Morgan fingerprint density at radius 2 is 2.08 bits per heavy atom. The van der Waals surface area contributed by atoms with Crippen molar-refractivity contribution < 1.29 is 14.3 Å². The highest BCUT2D eigenvalue weighted by atomic mass is 79.9. The molecule has 0 spiro atoms. The SMILES string of the molecule is O[n+]1cccc2c(Br)c(F)ccc21. The fraction of sp³-hybridized carbons (Fsp3) is 0. The average molecular weight is 243 g/mol. The van der Waals surface area contributed by atoms with Crippen LogP contribution in [0.3, 0.4) is 0 Å². The first-order chi connectivity index (χ1) is 6.20. The van der Waals surface area contributed by atoms with E-state index in [4.69, 9.17) is 0 Å². The van der Waals surface area contributed by atoms with Gasteiger partial charge in [0.05, 0.1) is 9.86 Å². The summed E-state index contributed by atoms with van der Waals surface area (Å²) in [6.45, 7) is 0. The number of nitrogens with zero attached hydrogens (tertiary/aromatic N) is 1. The van der Waals surface area contributed by atoms with Crippen molar-refractivity contribution in [3.63, 3.8) is 0 Å². The quantitative estimate of drug-likeness (QED) is 0.557.